The van der Waals surface area contributed by atoms with Gasteiger partial charge in [0.05, 0.1) is 6.61 Å². The molecule has 1 rings (SSSR count). The van der Waals surface area contributed by atoms with Crippen LogP contribution in [-0.2, 0) is 6.61 Å². The molecule has 0 aromatic carbocycles. The fourth-order valence-electron chi connectivity index (χ4n) is 0.885. The maximum atomic E-state index is 12.5. The molecule has 0 radical (unpaired) electrons. The van der Waals surface area contributed by atoms with Gasteiger partial charge in [0.2, 0.25) is 5.88 Å². The van der Waals surface area contributed by atoms with Crippen molar-refractivity contribution in [3.8, 4) is 5.88 Å². The Balaban J connectivity index is 2.70. The standard InChI is InChI=1S/C9H8ClF4NO2/c10-6-1-5(3-16)2-15-7(6)17-4-9(13,14)8(11)12/h1-2,8,16H,3-4H2. The van der Waals surface area contributed by atoms with Gasteiger partial charge in [0, 0.05) is 6.20 Å². The molecule has 0 aliphatic carbocycles. The Morgan fingerprint density at radius 2 is 2.12 bits per heavy atom. The normalized spacial score (nSPS) is 11.9. The molecule has 3 nitrogen and oxygen atoms in total. The smallest absolute Gasteiger partial charge is 0.340 e. The molecule has 0 aliphatic rings. The van der Waals surface area contributed by atoms with Crippen molar-refractivity contribution in [3.63, 3.8) is 0 Å². The molecule has 8 heteroatoms. The van der Waals surface area contributed by atoms with E-state index in [2.05, 4.69) is 9.72 Å². The summed E-state index contributed by atoms with van der Waals surface area (Å²) in [5.74, 6) is -4.65. The van der Waals surface area contributed by atoms with E-state index in [1.54, 1.807) is 0 Å². The van der Waals surface area contributed by atoms with Crippen LogP contribution >= 0.6 is 11.6 Å². The number of rotatable bonds is 5. The Morgan fingerprint density at radius 1 is 1.47 bits per heavy atom. The summed E-state index contributed by atoms with van der Waals surface area (Å²) >= 11 is 5.59. The zero-order valence-corrected chi connectivity index (χ0v) is 9.09. The molecule has 1 N–H and O–H groups in total. The van der Waals surface area contributed by atoms with E-state index in [0.29, 0.717) is 5.56 Å². The molecule has 0 unspecified atom stereocenters. The van der Waals surface area contributed by atoms with Crippen molar-refractivity contribution in [2.24, 2.45) is 0 Å². The van der Waals surface area contributed by atoms with Crippen molar-refractivity contribution < 1.29 is 27.4 Å². The number of pyridine rings is 1. The van der Waals surface area contributed by atoms with Crippen LogP contribution < -0.4 is 4.74 Å². The molecule has 0 saturated carbocycles. The van der Waals surface area contributed by atoms with Crippen LogP contribution in [0.5, 0.6) is 5.88 Å². The van der Waals surface area contributed by atoms with Crippen molar-refractivity contribution in [1.29, 1.82) is 0 Å². The van der Waals surface area contributed by atoms with Gasteiger partial charge in [0.25, 0.3) is 0 Å². The lowest BCUT2D eigenvalue weighted by Gasteiger charge is -2.15. The lowest BCUT2D eigenvalue weighted by molar-refractivity contribution is -0.148. The predicted octanol–water partition coefficient (Wildman–Crippen LogP) is 2.51. The second-order valence-electron chi connectivity index (χ2n) is 3.14. The SMILES string of the molecule is OCc1cnc(OCC(F)(F)C(F)F)c(Cl)c1. The predicted molar refractivity (Wildman–Crippen MR) is 51.6 cm³/mol. The molecular weight excluding hydrogens is 266 g/mol. The minimum absolute atomic E-state index is 0.137. The molecule has 1 aromatic heterocycles. The zero-order valence-electron chi connectivity index (χ0n) is 8.34. The first-order chi connectivity index (χ1) is 7.86. The fraction of sp³-hybridized carbons (Fsp3) is 0.444. The maximum Gasteiger partial charge on any atom is 0.340 e. The van der Waals surface area contributed by atoms with E-state index < -0.39 is 19.0 Å². The third-order valence-corrected chi connectivity index (χ3v) is 2.04. The van der Waals surface area contributed by atoms with Crippen LogP contribution in [0, 0.1) is 0 Å². The summed E-state index contributed by atoms with van der Waals surface area (Å²) < 4.78 is 53.1. The Labute approximate surface area is 99.0 Å². The van der Waals surface area contributed by atoms with Crippen molar-refractivity contribution in [1.82, 2.24) is 4.98 Å². The third kappa shape index (κ3) is 3.71. The minimum Gasteiger partial charge on any atom is -0.470 e. The fourth-order valence-corrected chi connectivity index (χ4v) is 1.13. The zero-order chi connectivity index (χ0) is 13.1. The number of alkyl halides is 4. The summed E-state index contributed by atoms with van der Waals surface area (Å²) in [5.41, 5.74) is 0.350. The highest BCUT2D eigenvalue weighted by Gasteiger charge is 2.42. The lowest BCUT2D eigenvalue weighted by atomic mass is 10.3. The number of aliphatic hydroxyl groups excluding tert-OH is 1. The molecule has 0 fully saturated rings. The van der Waals surface area contributed by atoms with E-state index in [1.165, 1.54) is 6.07 Å². The first-order valence-electron chi connectivity index (χ1n) is 4.41. The van der Waals surface area contributed by atoms with Crippen LogP contribution in [0.25, 0.3) is 0 Å². The van der Waals surface area contributed by atoms with Crippen molar-refractivity contribution in [2.45, 2.75) is 19.0 Å². The van der Waals surface area contributed by atoms with Gasteiger partial charge in [-0.2, -0.15) is 8.78 Å². The van der Waals surface area contributed by atoms with Gasteiger partial charge in [-0.3, -0.25) is 0 Å². The average Bonchev–Trinajstić information content (AvgIpc) is 2.27. The van der Waals surface area contributed by atoms with Crippen LogP contribution in [-0.4, -0.2) is 29.0 Å². The van der Waals surface area contributed by atoms with E-state index >= 15 is 0 Å². The highest BCUT2D eigenvalue weighted by Crippen LogP contribution is 2.27. The third-order valence-electron chi connectivity index (χ3n) is 1.77. The topological polar surface area (TPSA) is 42.4 Å². The summed E-state index contributed by atoms with van der Waals surface area (Å²) in [5, 5.41) is 8.59. The minimum atomic E-state index is -4.26. The van der Waals surface area contributed by atoms with E-state index in [4.69, 9.17) is 16.7 Å². The summed E-state index contributed by atoms with van der Waals surface area (Å²) in [7, 11) is 0. The number of aromatic nitrogens is 1. The number of hydrogen-bond donors (Lipinski definition) is 1. The van der Waals surface area contributed by atoms with Gasteiger partial charge in [0.1, 0.15) is 5.02 Å². The van der Waals surface area contributed by atoms with Gasteiger partial charge in [-0.25, -0.2) is 13.8 Å². The molecule has 1 aromatic rings. The number of halogens is 5. The van der Waals surface area contributed by atoms with Crippen LogP contribution in [0.2, 0.25) is 5.02 Å². The molecule has 0 saturated heterocycles. The summed E-state index contributed by atoms with van der Waals surface area (Å²) in [4.78, 5) is 3.52. The van der Waals surface area contributed by atoms with Crippen LogP contribution in [0.15, 0.2) is 12.3 Å². The van der Waals surface area contributed by atoms with Crippen LogP contribution in [0.1, 0.15) is 5.56 Å². The Bertz CT molecular complexity index is 389. The van der Waals surface area contributed by atoms with E-state index in [-0.39, 0.29) is 17.5 Å². The Hall–Kier alpha value is -1.08. The molecule has 96 valence electrons. The van der Waals surface area contributed by atoms with E-state index in [0.717, 1.165) is 6.20 Å². The highest BCUT2D eigenvalue weighted by atomic mass is 35.5. The van der Waals surface area contributed by atoms with Gasteiger partial charge < -0.3 is 9.84 Å². The highest BCUT2D eigenvalue weighted by molar-refractivity contribution is 6.31. The van der Waals surface area contributed by atoms with Gasteiger partial charge in [-0.1, -0.05) is 11.6 Å². The van der Waals surface area contributed by atoms with Crippen LogP contribution in [0.4, 0.5) is 17.6 Å². The van der Waals surface area contributed by atoms with Gasteiger partial charge in [-0.15, -0.1) is 0 Å². The quantitative estimate of drug-likeness (QED) is 0.838. The van der Waals surface area contributed by atoms with Crippen molar-refractivity contribution in [2.75, 3.05) is 6.61 Å². The van der Waals surface area contributed by atoms with Gasteiger partial charge in [-0.05, 0) is 11.6 Å². The molecule has 1 heterocycles. The monoisotopic (exact) mass is 273 g/mol. The number of nitrogens with zero attached hydrogens (tertiary/aromatic N) is 1. The summed E-state index contributed by atoms with van der Waals surface area (Å²) in [6, 6.07) is 1.24. The molecule has 17 heavy (non-hydrogen) atoms. The number of ether oxygens (including phenoxy) is 1. The van der Waals surface area contributed by atoms with Crippen LogP contribution in [0.3, 0.4) is 0 Å². The maximum absolute atomic E-state index is 12.5. The molecular formula is C9H8ClF4NO2. The van der Waals surface area contributed by atoms with Gasteiger partial charge >= 0.3 is 12.3 Å². The Morgan fingerprint density at radius 3 is 2.59 bits per heavy atom. The first-order valence-corrected chi connectivity index (χ1v) is 4.78. The second-order valence-corrected chi connectivity index (χ2v) is 3.55. The lowest BCUT2D eigenvalue weighted by Crippen LogP contribution is -2.33. The van der Waals surface area contributed by atoms with E-state index in [1.807, 2.05) is 0 Å². The molecule has 0 amide bonds. The molecule has 0 aliphatic heterocycles. The average molecular weight is 274 g/mol. The van der Waals surface area contributed by atoms with Crippen molar-refractivity contribution in [3.05, 3.63) is 22.8 Å². The van der Waals surface area contributed by atoms with Gasteiger partial charge in [0.15, 0.2) is 6.61 Å². The first kappa shape index (κ1) is 14.0. The second kappa shape index (κ2) is 5.50. The van der Waals surface area contributed by atoms with E-state index in [9.17, 15) is 17.6 Å². The Kier molecular flexibility index (Phi) is 4.53. The largest absolute Gasteiger partial charge is 0.470 e. The summed E-state index contributed by atoms with van der Waals surface area (Å²) in [6.45, 7) is -1.85. The molecule has 0 spiro atoms. The number of hydrogen-bond acceptors (Lipinski definition) is 3. The molecule has 0 bridgehead atoms. The summed E-state index contributed by atoms with van der Waals surface area (Å²) in [6.07, 6.45) is -2.68. The van der Waals surface area contributed by atoms with Crippen molar-refractivity contribution >= 4 is 11.6 Å². The number of aliphatic hydroxyl groups is 1. The molecule has 0 atom stereocenters.